The van der Waals surface area contributed by atoms with E-state index in [0.29, 0.717) is 0 Å². The normalized spacial score (nSPS) is 11.0. The average Bonchev–Trinajstić information content (AvgIpc) is 3.06. The zero-order valence-electron chi connectivity index (χ0n) is 15.0. The summed E-state index contributed by atoms with van der Waals surface area (Å²) in [6, 6.07) is 19.3. The van der Waals surface area contributed by atoms with Crippen molar-refractivity contribution in [3.8, 4) is 0 Å². The minimum atomic E-state index is 1.06. The van der Waals surface area contributed by atoms with Gasteiger partial charge in [-0.3, -0.25) is 4.98 Å². The van der Waals surface area contributed by atoms with Crippen molar-refractivity contribution in [2.75, 3.05) is 5.32 Å². The Morgan fingerprint density at radius 3 is 2.46 bits per heavy atom. The number of benzene rings is 2. The predicted molar refractivity (Wildman–Crippen MR) is 109 cm³/mol. The number of pyridine rings is 1. The highest BCUT2D eigenvalue weighted by molar-refractivity contribution is 5.83. The van der Waals surface area contributed by atoms with Crippen LogP contribution in [-0.4, -0.2) is 9.97 Å². The highest BCUT2D eigenvalue weighted by Crippen LogP contribution is 2.22. The molecule has 26 heavy (non-hydrogen) atoms. The van der Waals surface area contributed by atoms with E-state index in [1.165, 1.54) is 27.6 Å². The summed E-state index contributed by atoms with van der Waals surface area (Å²) in [5.41, 5.74) is 7.50. The topological polar surface area (TPSA) is 40.7 Å². The van der Waals surface area contributed by atoms with Gasteiger partial charge in [0.25, 0.3) is 0 Å². The molecule has 0 aliphatic rings. The molecule has 0 saturated carbocycles. The Bertz CT molecular complexity index is 985. The highest BCUT2D eigenvalue weighted by Gasteiger charge is 2.04. The molecule has 3 heteroatoms. The number of aromatic nitrogens is 2. The number of nitrogens with zero attached hydrogens (tertiary/aromatic N) is 1. The first-order valence-electron chi connectivity index (χ1n) is 9.10. The fourth-order valence-electron chi connectivity index (χ4n) is 3.34. The van der Waals surface area contributed by atoms with Crippen molar-refractivity contribution in [2.24, 2.45) is 0 Å². The molecule has 0 amide bonds. The van der Waals surface area contributed by atoms with Gasteiger partial charge in [0.15, 0.2) is 0 Å². The van der Waals surface area contributed by atoms with Gasteiger partial charge in [-0.2, -0.15) is 0 Å². The van der Waals surface area contributed by atoms with Crippen LogP contribution in [0.5, 0.6) is 0 Å². The fourth-order valence-corrected chi connectivity index (χ4v) is 3.34. The fraction of sp³-hybridized carbons (Fsp3) is 0.174. The molecule has 2 aromatic carbocycles. The second-order valence-electron chi connectivity index (χ2n) is 6.77. The van der Waals surface area contributed by atoms with E-state index in [1.54, 1.807) is 12.4 Å². The van der Waals surface area contributed by atoms with Crippen molar-refractivity contribution in [3.63, 3.8) is 0 Å². The lowest BCUT2D eigenvalue weighted by atomic mass is 10.0. The van der Waals surface area contributed by atoms with Gasteiger partial charge in [0.05, 0.1) is 0 Å². The van der Waals surface area contributed by atoms with Crippen molar-refractivity contribution in [3.05, 3.63) is 89.9 Å². The lowest BCUT2D eigenvalue weighted by Gasteiger charge is -2.07. The van der Waals surface area contributed by atoms with Crippen LogP contribution in [0.3, 0.4) is 0 Å². The Morgan fingerprint density at radius 1 is 0.885 bits per heavy atom. The second-order valence-corrected chi connectivity index (χ2v) is 6.77. The summed E-state index contributed by atoms with van der Waals surface area (Å²) in [5, 5.41) is 4.75. The summed E-state index contributed by atoms with van der Waals surface area (Å²) >= 11 is 0. The van der Waals surface area contributed by atoms with Gasteiger partial charge >= 0.3 is 0 Å². The van der Waals surface area contributed by atoms with Crippen LogP contribution in [0.15, 0.2) is 73.2 Å². The molecule has 4 aromatic rings. The number of aryl methyl sites for hydroxylation is 3. The third-order valence-corrected chi connectivity index (χ3v) is 4.76. The Balaban J connectivity index is 1.35. The molecule has 3 nitrogen and oxygen atoms in total. The second kappa shape index (κ2) is 7.44. The molecule has 0 spiro atoms. The quantitative estimate of drug-likeness (QED) is 0.466. The number of hydrogen-bond acceptors (Lipinski definition) is 2. The molecule has 0 aliphatic heterocycles. The first-order chi connectivity index (χ1) is 12.8. The number of hydrogen-bond donors (Lipinski definition) is 2. The van der Waals surface area contributed by atoms with Gasteiger partial charge < -0.3 is 10.3 Å². The SMILES string of the molecule is Cc1ccc2[nH]cc(CCCc3ccc(Nc4ccncc4)cc3)c2c1. The Hall–Kier alpha value is -3.07. The largest absolute Gasteiger partial charge is 0.361 e. The Morgan fingerprint density at radius 2 is 1.65 bits per heavy atom. The molecule has 0 bridgehead atoms. The summed E-state index contributed by atoms with van der Waals surface area (Å²) in [6.45, 7) is 2.15. The van der Waals surface area contributed by atoms with Gasteiger partial charge in [-0.1, -0.05) is 23.8 Å². The summed E-state index contributed by atoms with van der Waals surface area (Å²) in [5.74, 6) is 0. The van der Waals surface area contributed by atoms with Gasteiger partial charge in [-0.15, -0.1) is 0 Å². The van der Waals surface area contributed by atoms with Crippen LogP contribution in [0, 0.1) is 6.92 Å². The molecule has 0 saturated heterocycles. The highest BCUT2D eigenvalue weighted by atomic mass is 14.9. The summed E-state index contributed by atoms with van der Waals surface area (Å²) in [4.78, 5) is 7.42. The van der Waals surface area contributed by atoms with Gasteiger partial charge in [0.2, 0.25) is 0 Å². The van der Waals surface area contributed by atoms with Crippen LogP contribution in [0.2, 0.25) is 0 Å². The molecule has 2 N–H and O–H groups in total. The van der Waals surface area contributed by atoms with Crippen LogP contribution < -0.4 is 5.32 Å². The minimum Gasteiger partial charge on any atom is -0.361 e. The van der Waals surface area contributed by atoms with Gasteiger partial charge in [-0.05, 0) is 73.7 Å². The number of nitrogens with one attached hydrogen (secondary N) is 2. The van der Waals surface area contributed by atoms with E-state index in [4.69, 9.17) is 0 Å². The van der Waals surface area contributed by atoms with Crippen molar-refractivity contribution in [1.82, 2.24) is 9.97 Å². The average molecular weight is 341 g/mol. The molecule has 2 heterocycles. The maximum absolute atomic E-state index is 4.04. The number of fused-ring (bicyclic) bond motifs is 1. The molecule has 0 unspecified atom stereocenters. The van der Waals surface area contributed by atoms with E-state index in [-0.39, 0.29) is 0 Å². The summed E-state index contributed by atoms with van der Waals surface area (Å²) < 4.78 is 0. The smallest absolute Gasteiger partial charge is 0.0456 e. The van der Waals surface area contributed by atoms with Gasteiger partial charge in [-0.25, -0.2) is 0 Å². The van der Waals surface area contributed by atoms with E-state index < -0.39 is 0 Å². The van der Waals surface area contributed by atoms with E-state index in [9.17, 15) is 0 Å². The molecule has 0 radical (unpaired) electrons. The molecular weight excluding hydrogens is 318 g/mol. The first kappa shape index (κ1) is 16.4. The molecule has 0 fully saturated rings. The number of anilines is 2. The van der Waals surface area contributed by atoms with Crippen LogP contribution >= 0.6 is 0 Å². The van der Waals surface area contributed by atoms with Crippen LogP contribution in [0.4, 0.5) is 11.4 Å². The van der Waals surface area contributed by atoms with Gasteiger partial charge in [0, 0.05) is 40.9 Å². The third-order valence-electron chi connectivity index (χ3n) is 4.76. The standard InChI is InChI=1S/C23H23N3/c1-17-5-10-23-22(15-17)19(16-25-23)4-2-3-18-6-8-20(9-7-18)26-21-11-13-24-14-12-21/h5-16,25H,2-4H2,1H3,(H,24,26). The Labute approximate surface area is 154 Å². The van der Waals surface area contributed by atoms with Crippen molar-refractivity contribution in [1.29, 1.82) is 0 Å². The van der Waals surface area contributed by atoms with Crippen molar-refractivity contribution >= 4 is 22.3 Å². The number of aromatic amines is 1. The number of H-pyrrole nitrogens is 1. The molecule has 130 valence electrons. The Kier molecular flexibility index (Phi) is 4.69. The van der Waals surface area contributed by atoms with Crippen molar-refractivity contribution < 1.29 is 0 Å². The lowest BCUT2D eigenvalue weighted by Crippen LogP contribution is -1.92. The van der Waals surface area contributed by atoms with Gasteiger partial charge in [0.1, 0.15) is 0 Å². The number of rotatable bonds is 6. The maximum atomic E-state index is 4.04. The predicted octanol–water partition coefficient (Wildman–Crippen LogP) is 5.79. The molecule has 4 rings (SSSR count). The third kappa shape index (κ3) is 3.77. The van der Waals surface area contributed by atoms with E-state index >= 15 is 0 Å². The molecular formula is C23H23N3. The molecule has 2 aromatic heterocycles. The van der Waals surface area contributed by atoms with Crippen LogP contribution in [-0.2, 0) is 12.8 Å². The summed E-state index contributed by atoms with van der Waals surface area (Å²) in [7, 11) is 0. The van der Waals surface area contributed by atoms with Crippen LogP contribution in [0.1, 0.15) is 23.1 Å². The summed E-state index contributed by atoms with van der Waals surface area (Å²) in [6.07, 6.45) is 9.09. The first-order valence-corrected chi connectivity index (χ1v) is 9.10. The maximum Gasteiger partial charge on any atom is 0.0456 e. The van der Waals surface area contributed by atoms with E-state index in [2.05, 4.69) is 70.9 Å². The molecule has 0 aliphatic carbocycles. The van der Waals surface area contributed by atoms with E-state index in [1.807, 2.05) is 12.1 Å². The lowest BCUT2D eigenvalue weighted by molar-refractivity contribution is 0.825. The van der Waals surface area contributed by atoms with E-state index in [0.717, 1.165) is 30.6 Å². The van der Waals surface area contributed by atoms with Crippen LogP contribution in [0.25, 0.3) is 10.9 Å². The molecule has 0 atom stereocenters. The zero-order chi connectivity index (χ0) is 17.8. The zero-order valence-corrected chi connectivity index (χ0v) is 15.0. The van der Waals surface area contributed by atoms with Crippen molar-refractivity contribution in [2.45, 2.75) is 26.2 Å². The minimum absolute atomic E-state index is 1.06. The monoisotopic (exact) mass is 341 g/mol.